The van der Waals surface area contributed by atoms with Crippen LogP contribution in [-0.4, -0.2) is 17.3 Å². The molecule has 1 aliphatic carbocycles. The van der Waals surface area contributed by atoms with Gasteiger partial charge in [-0.25, -0.2) is 0 Å². The standard InChI is InChI=1S/C15H27N3O2/c1-10(2)9-12(16)15-17-14(18-20-15)13(19-3)11-7-5-4-6-8-11/h10-13H,4-9,16H2,1-3H3/t12-,13?/m1/s1. The van der Waals surface area contributed by atoms with Crippen LogP contribution in [0.1, 0.15) is 76.2 Å². The molecule has 1 unspecified atom stereocenters. The maximum atomic E-state index is 6.09. The van der Waals surface area contributed by atoms with Gasteiger partial charge in [-0.15, -0.1) is 0 Å². The van der Waals surface area contributed by atoms with Crippen LogP contribution in [0.5, 0.6) is 0 Å². The van der Waals surface area contributed by atoms with Gasteiger partial charge in [0.25, 0.3) is 0 Å². The lowest BCUT2D eigenvalue weighted by molar-refractivity contribution is 0.0273. The third-order valence-corrected chi connectivity index (χ3v) is 4.09. The molecule has 2 N–H and O–H groups in total. The van der Waals surface area contributed by atoms with Crippen molar-refractivity contribution >= 4 is 0 Å². The van der Waals surface area contributed by atoms with Crippen molar-refractivity contribution in [1.29, 1.82) is 0 Å². The molecule has 0 saturated heterocycles. The maximum absolute atomic E-state index is 6.09. The van der Waals surface area contributed by atoms with Crippen molar-refractivity contribution in [3.8, 4) is 0 Å². The predicted octanol–water partition coefficient (Wildman–Crippen LogP) is 3.38. The van der Waals surface area contributed by atoms with Crippen molar-refractivity contribution in [2.45, 2.75) is 64.5 Å². The van der Waals surface area contributed by atoms with E-state index in [4.69, 9.17) is 15.0 Å². The first-order valence-corrected chi connectivity index (χ1v) is 7.73. The van der Waals surface area contributed by atoms with E-state index in [1.165, 1.54) is 32.1 Å². The summed E-state index contributed by atoms with van der Waals surface area (Å²) in [6, 6.07) is -0.180. The van der Waals surface area contributed by atoms with Gasteiger partial charge in [0.05, 0.1) is 6.04 Å². The second-order valence-electron chi connectivity index (χ2n) is 6.28. The molecule has 0 amide bonds. The molecular weight excluding hydrogens is 254 g/mol. The smallest absolute Gasteiger partial charge is 0.243 e. The van der Waals surface area contributed by atoms with E-state index < -0.39 is 0 Å². The van der Waals surface area contributed by atoms with Crippen molar-refractivity contribution in [3.05, 3.63) is 11.7 Å². The van der Waals surface area contributed by atoms with Crippen LogP contribution in [0, 0.1) is 11.8 Å². The molecule has 5 nitrogen and oxygen atoms in total. The van der Waals surface area contributed by atoms with Gasteiger partial charge in [-0.1, -0.05) is 38.3 Å². The van der Waals surface area contributed by atoms with Gasteiger partial charge < -0.3 is 15.0 Å². The lowest BCUT2D eigenvalue weighted by atomic mass is 9.85. The Balaban J connectivity index is 2.05. The van der Waals surface area contributed by atoms with E-state index in [-0.39, 0.29) is 12.1 Å². The Morgan fingerprint density at radius 1 is 1.30 bits per heavy atom. The number of hydrogen-bond donors (Lipinski definition) is 1. The quantitative estimate of drug-likeness (QED) is 0.865. The number of nitrogens with zero attached hydrogens (tertiary/aromatic N) is 2. The third-order valence-electron chi connectivity index (χ3n) is 4.09. The van der Waals surface area contributed by atoms with Gasteiger partial charge in [-0.3, -0.25) is 0 Å². The average Bonchev–Trinajstić information content (AvgIpc) is 2.90. The first kappa shape index (κ1) is 15.4. The summed E-state index contributed by atoms with van der Waals surface area (Å²) in [6.45, 7) is 4.27. The molecule has 2 atom stereocenters. The Labute approximate surface area is 121 Å². The SMILES string of the molecule is COC(c1noc([C@H](N)CC(C)C)n1)C1CCCCC1. The van der Waals surface area contributed by atoms with Gasteiger partial charge in [0.1, 0.15) is 6.10 Å². The van der Waals surface area contributed by atoms with Crippen LogP contribution in [0.25, 0.3) is 0 Å². The Morgan fingerprint density at radius 3 is 2.60 bits per heavy atom. The van der Waals surface area contributed by atoms with Crippen molar-refractivity contribution in [3.63, 3.8) is 0 Å². The topological polar surface area (TPSA) is 74.2 Å². The molecule has 5 heteroatoms. The normalized spacial score (nSPS) is 20.2. The fourth-order valence-electron chi connectivity index (χ4n) is 3.07. The van der Waals surface area contributed by atoms with Crippen LogP contribution in [0.3, 0.4) is 0 Å². The summed E-state index contributed by atoms with van der Waals surface area (Å²) in [7, 11) is 1.73. The molecule has 0 radical (unpaired) electrons. The monoisotopic (exact) mass is 281 g/mol. The molecule has 1 aromatic heterocycles. The fraction of sp³-hybridized carbons (Fsp3) is 0.867. The second kappa shape index (κ2) is 7.18. The maximum Gasteiger partial charge on any atom is 0.243 e. The summed E-state index contributed by atoms with van der Waals surface area (Å²) < 4.78 is 11.0. The largest absolute Gasteiger partial charge is 0.373 e. The van der Waals surface area contributed by atoms with Crippen molar-refractivity contribution in [2.24, 2.45) is 17.6 Å². The molecule has 1 fully saturated rings. The van der Waals surface area contributed by atoms with E-state index >= 15 is 0 Å². The van der Waals surface area contributed by atoms with Crippen molar-refractivity contribution < 1.29 is 9.26 Å². The molecule has 0 spiro atoms. The molecule has 0 aliphatic heterocycles. The minimum atomic E-state index is -0.180. The zero-order valence-electron chi connectivity index (χ0n) is 12.8. The summed E-state index contributed by atoms with van der Waals surface area (Å²) in [4.78, 5) is 4.48. The zero-order chi connectivity index (χ0) is 14.5. The van der Waals surface area contributed by atoms with Crippen molar-refractivity contribution in [1.82, 2.24) is 10.1 Å². The van der Waals surface area contributed by atoms with Gasteiger partial charge in [0.2, 0.25) is 11.7 Å². The lowest BCUT2D eigenvalue weighted by Gasteiger charge is -2.26. The molecule has 2 rings (SSSR count). The Bertz CT molecular complexity index is 400. The molecule has 20 heavy (non-hydrogen) atoms. The number of rotatable bonds is 6. The van der Waals surface area contributed by atoms with Gasteiger partial charge >= 0.3 is 0 Å². The summed E-state index contributed by atoms with van der Waals surface area (Å²) in [6.07, 6.45) is 7.01. The Hall–Kier alpha value is -0.940. The van der Waals surface area contributed by atoms with E-state index in [9.17, 15) is 0 Å². The van der Waals surface area contributed by atoms with E-state index in [1.54, 1.807) is 7.11 Å². The number of hydrogen-bond acceptors (Lipinski definition) is 5. The highest BCUT2D eigenvalue weighted by Crippen LogP contribution is 2.35. The van der Waals surface area contributed by atoms with Crippen LogP contribution in [-0.2, 0) is 4.74 Å². The summed E-state index contributed by atoms with van der Waals surface area (Å²) >= 11 is 0. The molecule has 0 bridgehead atoms. The van der Waals surface area contributed by atoms with Crippen molar-refractivity contribution in [2.75, 3.05) is 7.11 Å². The molecule has 1 aromatic rings. The van der Waals surface area contributed by atoms with E-state index in [0.717, 1.165) is 6.42 Å². The first-order chi connectivity index (χ1) is 9.61. The molecule has 1 saturated carbocycles. The summed E-state index contributed by atoms with van der Waals surface area (Å²) in [5.41, 5.74) is 6.09. The molecule has 0 aromatic carbocycles. The van der Waals surface area contributed by atoms with Gasteiger partial charge in [-0.2, -0.15) is 4.98 Å². The number of aromatic nitrogens is 2. The second-order valence-corrected chi connectivity index (χ2v) is 6.28. The minimum Gasteiger partial charge on any atom is -0.373 e. The minimum absolute atomic E-state index is 0.0564. The highest BCUT2D eigenvalue weighted by molar-refractivity contribution is 4.97. The van der Waals surface area contributed by atoms with E-state index in [2.05, 4.69) is 24.0 Å². The van der Waals surface area contributed by atoms with Gasteiger partial charge in [0.15, 0.2) is 0 Å². The first-order valence-electron chi connectivity index (χ1n) is 7.73. The number of nitrogens with two attached hydrogens (primary N) is 1. The number of methoxy groups -OCH3 is 1. The lowest BCUT2D eigenvalue weighted by Crippen LogP contribution is -2.19. The van der Waals surface area contributed by atoms with E-state index in [0.29, 0.717) is 23.6 Å². The molecular formula is C15H27N3O2. The predicted molar refractivity (Wildman–Crippen MR) is 77.0 cm³/mol. The van der Waals surface area contributed by atoms with Crippen LogP contribution >= 0.6 is 0 Å². The van der Waals surface area contributed by atoms with Crippen LogP contribution in [0.15, 0.2) is 4.52 Å². The Morgan fingerprint density at radius 2 is 2.00 bits per heavy atom. The van der Waals surface area contributed by atoms with Gasteiger partial charge in [0, 0.05) is 7.11 Å². The fourth-order valence-corrected chi connectivity index (χ4v) is 3.07. The summed E-state index contributed by atoms with van der Waals surface area (Å²) in [5, 5.41) is 4.10. The Kier molecular flexibility index (Phi) is 5.54. The third kappa shape index (κ3) is 3.79. The number of ether oxygens (including phenoxy) is 1. The molecule has 1 heterocycles. The molecule has 1 aliphatic rings. The van der Waals surface area contributed by atoms with Gasteiger partial charge in [-0.05, 0) is 31.1 Å². The van der Waals surface area contributed by atoms with Crippen LogP contribution in [0.4, 0.5) is 0 Å². The summed E-state index contributed by atoms with van der Waals surface area (Å²) in [5.74, 6) is 2.21. The zero-order valence-corrected chi connectivity index (χ0v) is 12.8. The highest BCUT2D eigenvalue weighted by atomic mass is 16.5. The van der Waals surface area contributed by atoms with Crippen LogP contribution < -0.4 is 5.73 Å². The average molecular weight is 281 g/mol. The molecule has 114 valence electrons. The highest BCUT2D eigenvalue weighted by Gasteiger charge is 2.29. The van der Waals surface area contributed by atoms with E-state index in [1.807, 2.05) is 0 Å². The van der Waals surface area contributed by atoms with Crippen LogP contribution in [0.2, 0.25) is 0 Å².